The van der Waals surface area contributed by atoms with E-state index in [0.717, 1.165) is 43.0 Å². The third-order valence-corrected chi connectivity index (χ3v) is 6.32. The number of benzene rings is 1. The predicted octanol–water partition coefficient (Wildman–Crippen LogP) is 3.41. The van der Waals surface area contributed by atoms with Gasteiger partial charge in [-0.05, 0) is 70.2 Å². The number of ether oxygens (including phenoxy) is 1. The molecule has 3 rings (SSSR count). The van der Waals surface area contributed by atoms with E-state index >= 15 is 0 Å². The lowest BCUT2D eigenvalue weighted by molar-refractivity contribution is 0.0530. The van der Waals surface area contributed by atoms with E-state index in [9.17, 15) is 4.39 Å². The van der Waals surface area contributed by atoms with Crippen LogP contribution >= 0.6 is 0 Å². The van der Waals surface area contributed by atoms with Gasteiger partial charge < -0.3 is 15.4 Å². The molecule has 7 heteroatoms. The third kappa shape index (κ3) is 5.64. The van der Waals surface area contributed by atoms with E-state index in [0.29, 0.717) is 19.8 Å². The molecule has 1 fully saturated rings. The summed E-state index contributed by atoms with van der Waals surface area (Å²) in [6.45, 7) is 11.1. The highest BCUT2D eigenvalue weighted by Gasteiger charge is 2.34. The number of aryl methyl sites for hydroxylation is 2. The van der Waals surface area contributed by atoms with Gasteiger partial charge in [0.25, 0.3) is 0 Å². The standard InChI is InChI=1S/C24H36FN5O/c1-6-26-23(28-17(2)14-22-18(3)29-30(5)19(22)4)27-16-24(10-12-31-13-11-24)20-8-7-9-21(25)15-20/h7-9,15,17H,6,10-14,16H2,1-5H3,(H2,26,27,28). The molecule has 1 saturated heterocycles. The van der Waals surface area contributed by atoms with Crippen molar-refractivity contribution in [1.82, 2.24) is 20.4 Å². The lowest BCUT2D eigenvalue weighted by Gasteiger charge is -2.36. The van der Waals surface area contributed by atoms with Gasteiger partial charge in [0.05, 0.1) is 12.2 Å². The fourth-order valence-electron chi connectivity index (χ4n) is 4.37. The smallest absolute Gasteiger partial charge is 0.191 e. The van der Waals surface area contributed by atoms with Gasteiger partial charge in [-0.3, -0.25) is 9.67 Å². The highest BCUT2D eigenvalue weighted by molar-refractivity contribution is 5.80. The molecule has 31 heavy (non-hydrogen) atoms. The summed E-state index contributed by atoms with van der Waals surface area (Å²) < 4.78 is 21.5. The number of nitrogens with zero attached hydrogens (tertiary/aromatic N) is 3. The second kappa shape index (κ2) is 10.3. The van der Waals surface area contributed by atoms with Crippen LogP contribution in [0.3, 0.4) is 0 Å². The van der Waals surface area contributed by atoms with Gasteiger partial charge in [0.15, 0.2) is 5.96 Å². The summed E-state index contributed by atoms with van der Waals surface area (Å²) in [5.74, 6) is 0.588. The Hall–Kier alpha value is -2.41. The minimum atomic E-state index is -0.206. The van der Waals surface area contributed by atoms with Gasteiger partial charge in [-0.1, -0.05) is 12.1 Å². The fraction of sp³-hybridized carbons (Fsp3) is 0.583. The van der Waals surface area contributed by atoms with E-state index in [4.69, 9.17) is 9.73 Å². The molecule has 1 atom stereocenters. The molecule has 1 aliphatic rings. The van der Waals surface area contributed by atoms with Crippen molar-refractivity contribution in [2.45, 2.75) is 58.4 Å². The van der Waals surface area contributed by atoms with Crippen LogP contribution in [0.2, 0.25) is 0 Å². The molecule has 0 spiro atoms. The number of halogens is 1. The average molecular weight is 430 g/mol. The Morgan fingerprint density at radius 3 is 2.68 bits per heavy atom. The van der Waals surface area contributed by atoms with Gasteiger partial charge in [0.1, 0.15) is 5.82 Å². The molecule has 0 bridgehead atoms. The molecule has 170 valence electrons. The van der Waals surface area contributed by atoms with Crippen LogP contribution in [0.4, 0.5) is 4.39 Å². The number of guanidine groups is 1. The summed E-state index contributed by atoms with van der Waals surface area (Å²) >= 11 is 0. The van der Waals surface area contributed by atoms with Crippen LogP contribution < -0.4 is 10.6 Å². The number of aromatic nitrogens is 2. The number of hydrogen-bond donors (Lipinski definition) is 2. The molecular formula is C24H36FN5O. The molecular weight excluding hydrogens is 393 g/mol. The minimum absolute atomic E-state index is 0.194. The van der Waals surface area contributed by atoms with Crippen molar-refractivity contribution in [1.29, 1.82) is 0 Å². The summed E-state index contributed by atoms with van der Waals surface area (Å²) in [5, 5.41) is 11.4. The van der Waals surface area contributed by atoms with Crippen LogP contribution in [0.25, 0.3) is 0 Å². The SMILES string of the molecule is CCNC(=NCC1(c2cccc(F)c2)CCOCC1)NC(C)Cc1c(C)nn(C)c1C. The molecule has 0 saturated carbocycles. The van der Waals surface area contributed by atoms with Gasteiger partial charge in [0.2, 0.25) is 0 Å². The molecule has 0 radical (unpaired) electrons. The lowest BCUT2D eigenvalue weighted by atomic mass is 9.74. The van der Waals surface area contributed by atoms with Crippen molar-refractivity contribution < 1.29 is 9.13 Å². The van der Waals surface area contributed by atoms with Gasteiger partial charge in [-0.15, -0.1) is 0 Å². The molecule has 2 N–H and O–H groups in total. The zero-order valence-corrected chi connectivity index (χ0v) is 19.5. The maximum atomic E-state index is 14.0. The summed E-state index contributed by atoms with van der Waals surface area (Å²) in [6, 6.07) is 7.14. The van der Waals surface area contributed by atoms with E-state index in [1.165, 1.54) is 17.3 Å². The summed E-state index contributed by atoms with van der Waals surface area (Å²) in [4.78, 5) is 4.94. The first-order chi connectivity index (χ1) is 14.8. The van der Waals surface area contributed by atoms with Crippen molar-refractivity contribution in [2.75, 3.05) is 26.3 Å². The summed E-state index contributed by atoms with van der Waals surface area (Å²) in [7, 11) is 1.98. The number of rotatable bonds is 7. The number of aliphatic imine (C=N–C) groups is 1. The van der Waals surface area contributed by atoms with E-state index in [-0.39, 0.29) is 17.3 Å². The Bertz CT molecular complexity index is 901. The van der Waals surface area contributed by atoms with Crippen LogP contribution in [0.15, 0.2) is 29.3 Å². The predicted molar refractivity (Wildman–Crippen MR) is 123 cm³/mol. The summed E-state index contributed by atoms with van der Waals surface area (Å²) in [6.07, 6.45) is 2.55. The second-order valence-electron chi connectivity index (χ2n) is 8.62. The van der Waals surface area contributed by atoms with E-state index < -0.39 is 0 Å². The Morgan fingerprint density at radius 1 is 1.32 bits per heavy atom. The molecule has 1 unspecified atom stereocenters. The first-order valence-electron chi connectivity index (χ1n) is 11.2. The zero-order chi connectivity index (χ0) is 22.4. The molecule has 6 nitrogen and oxygen atoms in total. The molecule has 1 aliphatic heterocycles. The molecule has 0 aliphatic carbocycles. The quantitative estimate of drug-likeness (QED) is 0.523. The van der Waals surface area contributed by atoms with E-state index in [1.807, 2.05) is 17.8 Å². The molecule has 0 amide bonds. The number of nitrogens with one attached hydrogen (secondary N) is 2. The van der Waals surface area contributed by atoms with E-state index in [1.54, 1.807) is 12.1 Å². The highest BCUT2D eigenvalue weighted by Crippen LogP contribution is 2.35. The third-order valence-electron chi connectivity index (χ3n) is 6.32. The summed E-state index contributed by atoms with van der Waals surface area (Å²) in [5.41, 5.74) is 4.34. The molecule has 1 aromatic carbocycles. The minimum Gasteiger partial charge on any atom is -0.381 e. The van der Waals surface area contributed by atoms with Gasteiger partial charge in [-0.2, -0.15) is 5.10 Å². The highest BCUT2D eigenvalue weighted by atomic mass is 19.1. The average Bonchev–Trinajstić information content (AvgIpc) is 2.99. The largest absolute Gasteiger partial charge is 0.381 e. The Kier molecular flexibility index (Phi) is 7.70. The second-order valence-corrected chi connectivity index (χ2v) is 8.62. The topological polar surface area (TPSA) is 63.5 Å². The van der Waals surface area contributed by atoms with Crippen molar-refractivity contribution in [3.63, 3.8) is 0 Å². The monoisotopic (exact) mass is 429 g/mol. The maximum absolute atomic E-state index is 14.0. The maximum Gasteiger partial charge on any atom is 0.191 e. The first-order valence-corrected chi connectivity index (χ1v) is 11.2. The van der Waals surface area contributed by atoms with Crippen LogP contribution in [-0.4, -0.2) is 48.1 Å². The molecule has 1 aromatic heterocycles. The van der Waals surface area contributed by atoms with Crippen LogP contribution in [0, 0.1) is 19.7 Å². The van der Waals surface area contributed by atoms with Crippen LogP contribution in [-0.2, 0) is 23.6 Å². The zero-order valence-electron chi connectivity index (χ0n) is 19.5. The molecule has 2 heterocycles. The normalized spacial score (nSPS) is 17.4. The van der Waals surface area contributed by atoms with Gasteiger partial charge >= 0.3 is 0 Å². The molecule has 2 aromatic rings. The Morgan fingerprint density at radius 2 is 2.06 bits per heavy atom. The van der Waals surface area contributed by atoms with Crippen molar-refractivity contribution in [3.8, 4) is 0 Å². The van der Waals surface area contributed by atoms with Crippen LogP contribution in [0.5, 0.6) is 0 Å². The van der Waals surface area contributed by atoms with Crippen molar-refractivity contribution in [2.24, 2.45) is 12.0 Å². The van der Waals surface area contributed by atoms with E-state index in [2.05, 4.69) is 43.4 Å². The van der Waals surface area contributed by atoms with Crippen LogP contribution in [0.1, 0.15) is 49.2 Å². The Balaban J connectivity index is 1.76. The van der Waals surface area contributed by atoms with Gasteiger partial charge in [-0.25, -0.2) is 4.39 Å². The first kappa shape index (κ1) is 23.3. The van der Waals surface area contributed by atoms with Crippen molar-refractivity contribution in [3.05, 3.63) is 52.6 Å². The lowest BCUT2D eigenvalue weighted by Crippen LogP contribution is -2.45. The van der Waals surface area contributed by atoms with Gasteiger partial charge in [0, 0.05) is 44.0 Å². The fourth-order valence-corrected chi connectivity index (χ4v) is 4.37. The number of hydrogen-bond acceptors (Lipinski definition) is 3. The Labute approximate surface area is 185 Å². The van der Waals surface area contributed by atoms with Crippen molar-refractivity contribution >= 4 is 5.96 Å².